The van der Waals surface area contributed by atoms with Gasteiger partial charge in [0.1, 0.15) is 17.2 Å². The number of aryl methyl sites for hydroxylation is 1. The van der Waals surface area contributed by atoms with Gasteiger partial charge in [0.25, 0.3) is 0 Å². The molecule has 2 aromatic rings. The van der Waals surface area contributed by atoms with Crippen molar-refractivity contribution in [1.29, 1.82) is 0 Å². The van der Waals surface area contributed by atoms with Crippen molar-refractivity contribution in [2.45, 2.75) is 72.3 Å². The number of carbonyl (C=O) groups is 1. The number of hydrogen-bond donors (Lipinski definition) is 1. The molecule has 0 aliphatic rings. The van der Waals surface area contributed by atoms with Gasteiger partial charge in [-0.05, 0) is 54.0 Å². The van der Waals surface area contributed by atoms with E-state index in [1.807, 2.05) is 32.9 Å². The minimum atomic E-state index is -0.532. The van der Waals surface area contributed by atoms with E-state index in [4.69, 9.17) is 9.47 Å². The standard InChI is InChI=1S/C25H36O4S/c1-8-17-15-18(11-12-19(17)29-16-21(26)24(4,5)6)25(9-2,10-3)22-14-13-20(30-22)23(27)28-7/h11-15,21,26H,8-10,16H2,1-7H3. The van der Waals surface area contributed by atoms with Crippen molar-refractivity contribution in [3.8, 4) is 5.75 Å². The number of aliphatic hydroxyl groups excluding tert-OH is 1. The van der Waals surface area contributed by atoms with Crippen molar-refractivity contribution >= 4 is 17.3 Å². The number of ether oxygens (including phenoxy) is 2. The van der Waals surface area contributed by atoms with Crippen molar-refractivity contribution in [2.24, 2.45) is 5.41 Å². The zero-order chi connectivity index (χ0) is 22.5. The van der Waals surface area contributed by atoms with Crippen LogP contribution in [0.5, 0.6) is 5.75 Å². The van der Waals surface area contributed by atoms with E-state index in [0.29, 0.717) is 4.88 Å². The summed E-state index contributed by atoms with van der Waals surface area (Å²) in [4.78, 5) is 13.8. The summed E-state index contributed by atoms with van der Waals surface area (Å²) in [6.07, 6.45) is 2.17. The van der Waals surface area contributed by atoms with Gasteiger partial charge in [-0.2, -0.15) is 0 Å². The Kier molecular flexibility index (Phi) is 8.12. The van der Waals surface area contributed by atoms with Crippen molar-refractivity contribution in [3.63, 3.8) is 0 Å². The number of esters is 1. The van der Waals surface area contributed by atoms with Gasteiger partial charge in [0.15, 0.2) is 0 Å². The molecule has 0 fully saturated rings. The summed E-state index contributed by atoms with van der Waals surface area (Å²) in [5.41, 5.74) is 1.98. The number of thiophene rings is 1. The van der Waals surface area contributed by atoms with Gasteiger partial charge in [0, 0.05) is 10.3 Å². The molecule has 1 atom stereocenters. The highest BCUT2D eigenvalue weighted by Crippen LogP contribution is 2.43. The highest BCUT2D eigenvalue weighted by molar-refractivity contribution is 7.14. The molecule has 166 valence electrons. The largest absolute Gasteiger partial charge is 0.491 e. The molecule has 0 saturated heterocycles. The number of benzene rings is 1. The number of carbonyl (C=O) groups excluding carboxylic acids is 1. The van der Waals surface area contributed by atoms with E-state index in [1.165, 1.54) is 28.9 Å². The molecule has 30 heavy (non-hydrogen) atoms. The number of aliphatic hydroxyl groups is 1. The monoisotopic (exact) mass is 432 g/mol. The third-order valence-electron chi connectivity index (χ3n) is 6.06. The second-order valence-electron chi connectivity index (χ2n) is 8.81. The van der Waals surface area contributed by atoms with E-state index in [0.717, 1.165) is 30.6 Å². The molecular formula is C25H36O4S. The van der Waals surface area contributed by atoms with Crippen LogP contribution in [0.1, 0.15) is 80.1 Å². The maximum atomic E-state index is 12.0. The molecule has 0 aliphatic carbocycles. The molecule has 0 amide bonds. The van der Waals surface area contributed by atoms with E-state index < -0.39 is 6.10 Å². The van der Waals surface area contributed by atoms with Crippen LogP contribution in [-0.4, -0.2) is 30.9 Å². The highest BCUT2D eigenvalue weighted by atomic mass is 32.1. The van der Waals surface area contributed by atoms with Gasteiger partial charge in [0.05, 0.1) is 13.2 Å². The lowest BCUT2D eigenvalue weighted by atomic mass is 9.74. The van der Waals surface area contributed by atoms with E-state index in [-0.39, 0.29) is 23.4 Å². The molecule has 1 N–H and O–H groups in total. The first-order valence-electron chi connectivity index (χ1n) is 10.8. The van der Waals surface area contributed by atoms with Gasteiger partial charge in [-0.3, -0.25) is 0 Å². The smallest absolute Gasteiger partial charge is 0.348 e. The molecule has 1 heterocycles. The Morgan fingerprint density at radius 3 is 2.30 bits per heavy atom. The summed E-state index contributed by atoms with van der Waals surface area (Å²) < 4.78 is 10.9. The van der Waals surface area contributed by atoms with E-state index >= 15 is 0 Å². The lowest BCUT2D eigenvalue weighted by Crippen LogP contribution is -2.32. The molecule has 0 spiro atoms. The van der Waals surface area contributed by atoms with Crippen molar-refractivity contribution in [3.05, 3.63) is 51.2 Å². The Bertz CT molecular complexity index is 843. The second-order valence-corrected chi connectivity index (χ2v) is 9.90. The minimum Gasteiger partial charge on any atom is -0.491 e. The molecule has 2 rings (SSSR count). The Balaban J connectivity index is 2.39. The maximum absolute atomic E-state index is 12.0. The van der Waals surface area contributed by atoms with Crippen LogP contribution in [0.2, 0.25) is 0 Å². The van der Waals surface area contributed by atoms with Crippen LogP contribution in [0.3, 0.4) is 0 Å². The second kappa shape index (κ2) is 9.97. The zero-order valence-corrected chi connectivity index (χ0v) is 20.2. The summed E-state index contributed by atoms with van der Waals surface area (Å²) >= 11 is 1.51. The highest BCUT2D eigenvalue weighted by Gasteiger charge is 2.33. The number of rotatable bonds is 9. The normalized spacial score (nSPS) is 13.2. The summed E-state index contributed by atoms with van der Waals surface area (Å²) in [5.74, 6) is 0.537. The lowest BCUT2D eigenvalue weighted by molar-refractivity contribution is 0.0215. The summed E-state index contributed by atoms with van der Waals surface area (Å²) in [5, 5.41) is 10.3. The average molecular weight is 433 g/mol. The first kappa shape index (κ1) is 24.4. The average Bonchev–Trinajstić information content (AvgIpc) is 3.23. The van der Waals surface area contributed by atoms with E-state index in [1.54, 1.807) is 0 Å². The third-order valence-corrected chi connectivity index (χ3v) is 7.33. The summed E-state index contributed by atoms with van der Waals surface area (Å²) in [6.45, 7) is 12.8. The van der Waals surface area contributed by atoms with Gasteiger partial charge in [-0.1, -0.05) is 53.7 Å². The van der Waals surface area contributed by atoms with E-state index in [2.05, 4.69) is 39.0 Å². The molecule has 0 bridgehead atoms. The van der Waals surface area contributed by atoms with Gasteiger partial charge in [-0.15, -0.1) is 11.3 Å². The summed E-state index contributed by atoms with van der Waals surface area (Å²) in [6, 6.07) is 10.3. The molecule has 1 aromatic carbocycles. The minimum absolute atomic E-state index is 0.162. The van der Waals surface area contributed by atoms with Crippen LogP contribution in [0.4, 0.5) is 0 Å². The van der Waals surface area contributed by atoms with Gasteiger partial charge in [0.2, 0.25) is 0 Å². The van der Waals surface area contributed by atoms with Crippen molar-refractivity contribution in [2.75, 3.05) is 13.7 Å². The molecular weight excluding hydrogens is 396 g/mol. The van der Waals surface area contributed by atoms with Crippen LogP contribution >= 0.6 is 11.3 Å². The first-order chi connectivity index (χ1) is 14.1. The third kappa shape index (κ3) is 5.06. The molecule has 0 aliphatic heterocycles. The molecule has 4 nitrogen and oxygen atoms in total. The molecule has 1 unspecified atom stereocenters. The van der Waals surface area contributed by atoms with Crippen LogP contribution in [0.15, 0.2) is 30.3 Å². The van der Waals surface area contributed by atoms with Crippen molar-refractivity contribution < 1.29 is 19.4 Å². The fourth-order valence-corrected chi connectivity index (χ4v) is 4.94. The first-order valence-corrected chi connectivity index (χ1v) is 11.6. The number of hydrogen-bond acceptors (Lipinski definition) is 5. The van der Waals surface area contributed by atoms with Crippen LogP contribution in [0.25, 0.3) is 0 Å². The molecule has 0 saturated carbocycles. The Morgan fingerprint density at radius 2 is 1.77 bits per heavy atom. The molecule has 1 aromatic heterocycles. The van der Waals surface area contributed by atoms with Gasteiger partial charge < -0.3 is 14.6 Å². The van der Waals surface area contributed by atoms with Crippen LogP contribution < -0.4 is 4.74 Å². The van der Waals surface area contributed by atoms with Crippen molar-refractivity contribution in [1.82, 2.24) is 0 Å². The predicted octanol–water partition coefficient (Wildman–Crippen LogP) is 5.99. The number of methoxy groups -OCH3 is 1. The van der Waals surface area contributed by atoms with Crippen LogP contribution in [0, 0.1) is 5.41 Å². The quantitative estimate of drug-likeness (QED) is 0.495. The van der Waals surface area contributed by atoms with Gasteiger partial charge in [-0.25, -0.2) is 4.79 Å². The Morgan fingerprint density at radius 1 is 1.10 bits per heavy atom. The summed E-state index contributed by atoms with van der Waals surface area (Å²) in [7, 11) is 1.41. The fraction of sp³-hybridized carbons (Fsp3) is 0.560. The van der Waals surface area contributed by atoms with Crippen LogP contribution in [-0.2, 0) is 16.6 Å². The maximum Gasteiger partial charge on any atom is 0.348 e. The van der Waals surface area contributed by atoms with Gasteiger partial charge >= 0.3 is 5.97 Å². The fourth-order valence-electron chi connectivity index (χ4n) is 3.67. The Labute approximate surface area is 185 Å². The zero-order valence-electron chi connectivity index (χ0n) is 19.4. The Hall–Kier alpha value is -1.85. The molecule has 5 heteroatoms. The SMILES string of the molecule is CCc1cc(C(CC)(CC)c2ccc(C(=O)OC)s2)ccc1OCC(O)C(C)(C)C. The topological polar surface area (TPSA) is 55.8 Å². The predicted molar refractivity (Wildman–Crippen MR) is 124 cm³/mol. The molecule has 0 radical (unpaired) electrons. The van der Waals surface area contributed by atoms with E-state index in [9.17, 15) is 9.90 Å². The lowest BCUT2D eigenvalue weighted by Gasteiger charge is -2.32.